The Morgan fingerprint density at radius 3 is 1.61 bits per heavy atom. The van der Waals surface area contributed by atoms with Gasteiger partial charge >= 0.3 is 19.8 Å². The number of esters is 2. The maximum absolute atomic E-state index is 12.5. The molecule has 0 aliphatic rings. The van der Waals surface area contributed by atoms with Crippen LogP contribution in [0.2, 0.25) is 0 Å². The lowest BCUT2D eigenvalue weighted by Crippen LogP contribution is -2.29. The fraction of sp³-hybridized carbons (Fsp3) is 0.943. The summed E-state index contributed by atoms with van der Waals surface area (Å²) in [5.74, 6) is 0.637. The van der Waals surface area contributed by atoms with E-state index in [0.717, 1.165) is 50.4 Å². The zero-order valence-electron chi connectivity index (χ0n) is 29.6. The minimum absolute atomic E-state index is 0.188. The van der Waals surface area contributed by atoms with Gasteiger partial charge in [-0.15, -0.1) is 0 Å². The third-order valence-corrected chi connectivity index (χ3v) is 9.18. The quantitative estimate of drug-likeness (QED) is 0.0350. The van der Waals surface area contributed by atoms with Gasteiger partial charge in [0, 0.05) is 12.8 Å². The first-order chi connectivity index (χ1) is 22.0. The van der Waals surface area contributed by atoms with Gasteiger partial charge in [-0.25, -0.2) is 4.57 Å². The summed E-state index contributed by atoms with van der Waals surface area (Å²) in [6, 6.07) is 0. The zero-order chi connectivity index (χ0) is 34.5. The van der Waals surface area contributed by atoms with Crippen molar-refractivity contribution in [3.05, 3.63) is 0 Å². The van der Waals surface area contributed by atoms with Crippen LogP contribution in [0, 0.1) is 11.8 Å². The molecule has 4 atom stereocenters. The number of phosphoric acid groups is 1. The molecule has 0 amide bonds. The lowest BCUT2D eigenvalue weighted by molar-refractivity contribution is -0.161. The second kappa shape index (κ2) is 30.1. The number of unbranched alkanes of at least 4 members (excludes halogenated alkanes) is 14. The van der Waals surface area contributed by atoms with Crippen molar-refractivity contribution < 1.29 is 47.8 Å². The highest BCUT2D eigenvalue weighted by molar-refractivity contribution is 7.47. The largest absolute Gasteiger partial charge is 0.472 e. The average Bonchev–Trinajstić information content (AvgIpc) is 3.02. The summed E-state index contributed by atoms with van der Waals surface area (Å²) in [6.07, 6.45) is 19.6. The first kappa shape index (κ1) is 45.0. The molecule has 2 unspecified atom stereocenters. The van der Waals surface area contributed by atoms with Crippen LogP contribution in [0.5, 0.6) is 0 Å². The van der Waals surface area contributed by atoms with E-state index in [2.05, 4.69) is 32.2 Å². The molecule has 274 valence electrons. The molecule has 0 saturated carbocycles. The molecular formula is C35H69O10P. The molecule has 10 nitrogen and oxygen atoms in total. The number of phosphoric ester groups is 1. The summed E-state index contributed by atoms with van der Waals surface area (Å²) in [7, 11) is -4.60. The molecule has 0 spiro atoms. The molecule has 11 heteroatoms. The van der Waals surface area contributed by atoms with Crippen LogP contribution in [-0.2, 0) is 32.7 Å². The van der Waals surface area contributed by atoms with Crippen LogP contribution in [0.25, 0.3) is 0 Å². The van der Waals surface area contributed by atoms with E-state index in [1.54, 1.807) is 0 Å². The number of carbonyl (C=O) groups is 2. The molecule has 0 aromatic rings. The Morgan fingerprint density at radius 1 is 0.652 bits per heavy atom. The summed E-state index contributed by atoms with van der Waals surface area (Å²) >= 11 is 0. The fourth-order valence-corrected chi connectivity index (χ4v) is 5.77. The second-order valence-corrected chi connectivity index (χ2v) is 14.8. The Bertz CT molecular complexity index is 778. The van der Waals surface area contributed by atoms with Crippen molar-refractivity contribution in [2.45, 2.75) is 175 Å². The van der Waals surface area contributed by atoms with E-state index >= 15 is 0 Å². The smallest absolute Gasteiger partial charge is 0.462 e. The molecule has 0 aromatic heterocycles. The lowest BCUT2D eigenvalue weighted by Gasteiger charge is -2.20. The Balaban J connectivity index is 4.38. The van der Waals surface area contributed by atoms with Crippen LogP contribution in [0.4, 0.5) is 0 Å². The van der Waals surface area contributed by atoms with Gasteiger partial charge in [0.1, 0.15) is 12.7 Å². The minimum Gasteiger partial charge on any atom is -0.462 e. The van der Waals surface area contributed by atoms with E-state index in [4.69, 9.17) is 19.1 Å². The standard InChI is InChI=1S/C35H69O10P/c1-5-31(4)23-19-15-10-8-6-7-9-11-17-21-25-35(39)45-33(29-44-46(40,41)43-27-32(37)26-36)28-42-34(38)24-20-16-13-12-14-18-22-30(2)3/h30-33,36-37H,5-29H2,1-4H3,(H,40,41)/t31?,32-,33+/m0/s1. The molecule has 0 heterocycles. The van der Waals surface area contributed by atoms with Gasteiger partial charge in [0.25, 0.3) is 0 Å². The number of aliphatic hydroxyl groups excluding tert-OH is 2. The topological polar surface area (TPSA) is 149 Å². The molecule has 0 rings (SSSR count). The number of rotatable bonds is 33. The van der Waals surface area contributed by atoms with Gasteiger partial charge in [0.2, 0.25) is 0 Å². The maximum Gasteiger partial charge on any atom is 0.472 e. The van der Waals surface area contributed by atoms with Crippen LogP contribution in [-0.4, -0.2) is 65.7 Å². The number of ether oxygens (including phenoxy) is 2. The van der Waals surface area contributed by atoms with Gasteiger partial charge < -0.3 is 24.6 Å². The average molecular weight is 681 g/mol. The van der Waals surface area contributed by atoms with E-state index in [-0.39, 0.29) is 19.4 Å². The second-order valence-electron chi connectivity index (χ2n) is 13.3. The Hall–Kier alpha value is -1.03. The third kappa shape index (κ3) is 30.3. The molecule has 3 N–H and O–H groups in total. The first-order valence-electron chi connectivity index (χ1n) is 18.2. The Labute approximate surface area is 280 Å². The van der Waals surface area contributed by atoms with Gasteiger partial charge in [0.05, 0.1) is 19.8 Å². The summed E-state index contributed by atoms with van der Waals surface area (Å²) in [5, 5.41) is 18.2. The van der Waals surface area contributed by atoms with Crippen molar-refractivity contribution in [3.63, 3.8) is 0 Å². The number of aliphatic hydroxyl groups is 2. The SMILES string of the molecule is CCC(C)CCCCCCCCCCCCC(=O)O[C@H](COC(=O)CCCCCCCCC(C)C)COP(=O)(O)OC[C@@H](O)CO. The molecule has 0 radical (unpaired) electrons. The van der Waals surface area contributed by atoms with Crippen LogP contribution in [0.1, 0.15) is 163 Å². The van der Waals surface area contributed by atoms with E-state index in [0.29, 0.717) is 12.8 Å². The predicted molar refractivity (Wildman–Crippen MR) is 182 cm³/mol. The molecule has 0 aliphatic heterocycles. The van der Waals surface area contributed by atoms with Crippen LogP contribution < -0.4 is 0 Å². The van der Waals surface area contributed by atoms with Crippen LogP contribution >= 0.6 is 7.82 Å². The highest BCUT2D eigenvalue weighted by Crippen LogP contribution is 2.43. The van der Waals surface area contributed by atoms with E-state index < -0.39 is 51.8 Å². The van der Waals surface area contributed by atoms with Gasteiger partial charge in [0.15, 0.2) is 6.10 Å². The van der Waals surface area contributed by atoms with E-state index in [9.17, 15) is 24.2 Å². The summed E-state index contributed by atoms with van der Waals surface area (Å²) in [5.41, 5.74) is 0. The number of hydrogen-bond donors (Lipinski definition) is 3. The molecule has 0 aromatic carbocycles. The van der Waals surface area contributed by atoms with Gasteiger partial charge in [-0.2, -0.15) is 0 Å². The maximum atomic E-state index is 12.5. The zero-order valence-corrected chi connectivity index (χ0v) is 30.5. The van der Waals surface area contributed by atoms with Gasteiger partial charge in [-0.1, -0.05) is 137 Å². The van der Waals surface area contributed by atoms with Gasteiger partial charge in [-0.05, 0) is 24.7 Å². The summed E-state index contributed by atoms with van der Waals surface area (Å²) in [4.78, 5) is 34.7. The molecule has 0 bridgehead atoms. The minimum atomic E-state index is -4.60. The molecule has 46 heavy (non-hydrogen) atoms. The van der Waals surface area contributed by atoms with Crippen molar-refractivity contribution in [1.82, 2.24) is 0 Å². The number of carbonyl (C=O) groups excluding carboxylic acids is 2. The Morgan fingerprint density at radius 2 is 1.11 bits per heavy atom. The van der Waals surface area contributed by atoms with Crippen LogP contribution in [0.15, 0.2) is 0 Å². The van der Waals surface area contributed by atoms with Crippen LogP contribution in [0.3, 0.4) is 0 Å². The van der Waals surface area contributed by atoms with Crippen molar-refractivity contribution in [2.24, 2.45) is 11.8 Å². The van der Waals surface area contributed by atoms with Crippen molar-refractivity contribution >= 4 is 19.8 Å². The van der Waals surface area contributed by atoms with Crippen molar-refractivity contribution in [2.75, 3.05) is 26.4 Å². The van der Waals surface area contributed by atoms with Crippen molar-refractivity contribution in [3.8, 4) is 0 Å². The lowest BCUT2D eigenvalue weighted by atomic mass is 9.99. The summed E-state index contributed by atoms with van der Waals surface area (Å²) < 4.78 is 32.5. The molecule has 0 fully saturated rings. The monoisotopic (exact) mass is 680 g/mol. The predicted octanol–water partition coefficient (Wildman–Crippen LogP) is 8.43. The van der Waals surface area contributed by atoms with Gasteiger partial charge in [-0.3, -0.25) is 18.6 Å². The molecule has 0 saturated heterocycles. The summed E-state index contributed by atoms with van der Waals surface area (Å²) in [6.45, 7) is 6.93. The third-order valence-electron chi connectivity index (χ3n) is 8.23. The normalized spacial score (nSPS) is 15.0. The van der Waals surface area contributed by atoms with Crippen molar-refractivity contribution in [1.29, 1.82) is 0 Å². The highest BCUT2D eigenvalue weighted by atomic mass is 31.2. The highest BCUT2D eigenvalue weighted by Gasteiger charge is 2.27. The van der Waals surface area contributed by atoms with E-state index in [1.165, 1.54) is 70.6 Å². The molecule has 0 aliphatic carbocycles. The Kier molecular flexibility index (Phi) is 29.4. The van der Waals surface area contributed by atoms with E-state index in [1.807, 2.05) is 0 Å². The fourth-order valence-electron chi connectivity index (χ4n) is 4.98. The number of hydrogen-bond acceptors (Lipinski definition) is 9. The first-order valence-corrected chi connectivity index (χ1v) is 19.7. The molecular weight excluding hydrogens is 611 g/mol.